The third-order valence-corrected chi connectivity index (χ3v) is 6.48. The number of aryl methyl sites for hydroxylation is 4. The molecule has 2 aromatic rings. The zero-order valence-corrected chi connectivity index (χ0v) is 21.1. The van der Waals surface area contributed by atoms with Gasteiger partial charge in [0, 0.05) is 0 Å². The van der Waals surface area contributed by atoms with Crippen molar-refractivity contribution in [2.75, 3.05) is 19.8 Å². The lowest BCUT2D eigenvalue weighted by atomic mass is 9.78. The van der Waals surface area contributed by atoms with Crippen LogP contribution in [0.25, 0.3) is 0 Å². The van der Waals surface area contributed by atoms with E-state index in [-0.39, 0.29) is 19.8 Å². The zero-order valence-electron chi connectivity index (χ0n) is 21.1. The molecule has 0 aliphatic rings. The van der Waals surface area contributed by atoms with Crippen molar-refractivity contribution in [3.05, 3.63) is 64.2 Å². The highest BCUT2D eigenvalue weighted by atomic mass is 16.5. The molecule has 0 aliphatic carbocycles. The van der Waals surface area contributed by atoms with E-state index in [1.54, 1.807) is 0 Å². The maximum absolute atomic E-state index is 10.3. The Labute approximate surface area is 200 Å². The van der Waals surface area contributed by atoms with Gasteiger partial charge in [-0.3, -0.25) is 0 Å². The highest BCUT2D eigenvalue weighted by molar-refractivity contribution is 5.40. The molecule has 33 heavy (non-hydrogen) atoms. The molecule has 184 valence electrons. The van der Waals surface area contributed by atoms with E-state index in [2.05, 4.69) is 58.0 Å². The first-order chi connectivity index (χ1) is 16.0. The predicted molar refractivity (Wildman–Crippen MR) is 136 cm³/mol. The van der Waals surface area contributed by atoms with E-state index in [0.29, 0.717) is 0 Å². The highest BCUT2D eigenvalue weighted by Crippen LogP contribution is 2.41. The lowest BCUT2D eigenvalue weighted by Gasteiger charge is -2.38. The first kappa shape index (κ1) is 27.4. The summed E-state index contributed by atoms with van der Waals surface area (Å²) < 4.78 is 6.66. The molecular formula is C29H44O4. The molecule has 0 spiro atoms. The van der Waals surface area contributed by atoms with Crippen LogP contribution in [0.4, 0.5) is 0 Å². The number of aliphatic hydroxyl groups is 3. The fraction of sp³-hybridized carbons (Fsp3) is 0.586. The van der Waals surface area contributed by atoms with E-state index in [4.69, 9.17) is 4.74 Å². The first-order valence-corrected chi connectivity index (χ1v) is 12.7. The van der Waals surface area contributed by atoms with Gasteiger partial charge in [-0.1, -0.05) is 83.7 Å². The molecule has 0 aromatic heterocycles. The summed E-state index contributed by atoms with van der Waals surface area (Å²) in [7, 11) is 0. The van der Waals surface area contributed by atoms with E-state index >= 15 is 0 Å². The Bertz CT molecular complexity index is 833. The van der Waals surface area contributed by atoms with Gasteiger partial charge < -0.3 is 20.1 Å². The van der Waals surface area contributed by atoms with Crippen LogP contribution in [0.15, 0.2) is 36.4 Å². The summed E-state index contributed by atoms with van der Waals surface area (Å²) in [6.07, 6.45) is 7.26. The molecule has 3 N–H and O–H groups in total. The van der Waals surface area contributed by atoms with E-state index in [9.17, 15) is 15.3 Å². The van der Waals surface area contributed by atoms with Crippen LogP contribution in [0.5, 0.6) is 5.75 Å². The summed E-state index contributed by atoms with van der Waals surface area (Å²) >= 11 is 0. The van der Waals surface area contributed by atoms with Gasteiger partial charge in [0.25, 0.3) is 0 Å². The first-order valence-electron chi connectivity index (χ1n) is 12.7. The average Bonchev–Trinajstić information content (AvgIpc) is 2.82. The largest absolute Gasteiger partial charge is 0.485 e. The topological polar surface area (TPSA) is 69.9 Å². The minimum atomic E-state index is -1.19. The van der Waals surface area contributed by atoms with Crippen molar-refractivity contribution in [2.24, 2.45) is 5.41 Å². The summed E-state index contributed by atoms with van der Waals surface area (Å²) in [6.45, 7) is 7.53. The molecule has 1 atom stereocenters. The third kappa shape index (κ3) is 6.81. The molecular weight excluding hydrogens is 412 g/mol. The quantitative estimate of drug-likeness (QED) is 0.327. The number of rotatable bonds is 15. The van der Waals surface area contributed by atoms with Crippen LogP contribution in [0, 0.1) is 5.41 Å². The van der Waals surface area contributed by atoms with Gasteiger partial charge >= 0.3 is 0 Å². The summed E-state index contributed by atoms with van der Waals surface area (Å²) in [6, 6.07) is 12.8. The van der Waals surface area contributed by atoms with E-state index in [0.717, 1.165) is 73.8 Å². The maximum Gasteiger partial charge on any atom is 0.136 e. The summed E-state index contributed by atoms with van der Waals surface area (Å²) in [5, 5.41) is 31.0. The molecule has 0 bridgehead atoms. The van der Waals surface area contributed by atoms with E-state index in [1.165, 1.54) is 11.1 Å². The number of hydrogen-bond acceptors (Lipinski definition) is 4. The third-order valence-electron chi connectivity index (χ3n) is 6.48. The monoisotopic (exact) mass is 456 g/mol. The van der Waals surface area contributed by atoms with Gasteiger partial charge in [0.15, 0.2) is 0 Å². The molecule has 0 saturated heterocycles. The Morgan fingerprint density at radius 2 is 1.15 bits per heavy atom. The van der Waals surface area contributed by atoms with Crippen LogP contribution in [-0.4, -0.2) is 35.1 Å². The van der Waals surface area contributed by atoms with Crippen LogP contribution < -0.4 is 4.74 Å². The molecule has 0 fully saturated rings. The van der Waals surface area contributed by atoms with E-state index < -0.39 is 11.5 Å². The maximum atomic E-state index is 10.3. The molecule has 2 rings (SSSR count). The van der Waals surface area contributed by atoms with Crippen molar-refractivity contribution >= 4 is 0 Å². The Morgan fingerprint density at radius 3 is 1.67 bits per heavy atom. The van der Waals surface area contributed by atoms with Gasteiger partial charge in [-0.15, -0.1) is 0 Å². The van der Waals surface area contributed by atoms with Crippen molar-refractivity contribution < 1.29 is 20.1 Å². The molecule has 1 unspecified atom stereocenters. The van der Waals surface area contributed by atoms with Gasteiger partial charge in [0.05, 0.1) is 25.2 Å². The zero-order chi connectivity index (χ0) is 24.3. The molecule has 0 heterocycles. The Hall–Kier alpha value is -1.88. The van der Waals surface area contributed by atoms with Gasteiger partial charge in [-0.05, 0) is 59.6 Å². The second kappa shape index (κ2) is 13.7. The standard InChI is InChI=1S/C29H44O4/c1-5-9-22-13-15-26(24(17-22)11-7-3)28(29(19-30,20-31)21-32)33-27-16-14-23(10-6-2)18-25(27)12-8-4/h13-18,28,30-32H,5-12,19-21H2,1-4H3. The number of hydrogen-bond donors (Lipinski definition) is 3. The van der Waals surface area contributed by atoms with Crippen molar-refractivity contribution in [1.82, 2.24) is 0 Å². The van der Waals surface area contributed by atoms with Gasteiger partial charge in [0.2, 0.25) is 0 Å². The molecule has 0 aliphatic heterocycles. The minimum absolute atomic E-state index is 0.371. The van der Waals surface area contributed by atoms with E-state index in [1.807, 2.05) is 6.07 Å². The molecule has 0 amide bonds. The highest BCUT2D eigenvalue weighted by Gasteiger charge is 2.42. The predicted octanol–water partition coefficient (Wildman–Crippen LogP) is 5.58. The van der Waals surface area contributed by atoms with Crippen LogP contribution in [-0.2, 0) is 25.7 Å². The summed E-state index contributed by atoms with van der Waals surface area (Å²) in [5.74, 6) is 0.765. The van der Waals surface area contributed by atoms with Gasteiger partial charge in [0.1, 0.15) is 11.9 Å². The molecule has 2 aromatic carbocycles. The molecule has 0 radical (unpaired) electrons. The van der Waals surface area contributed by atoms with Gasteiger partial charge in [-0.2, -0.15) is 0 Å². The van der Waals surface area contributed by atoms with Crippen LogP contribution in [0.3, 0.4) is 0 Å². The lowest BCUT2D eigenvalue weighted by molar-refractivity contribution is -0.0747. The second-order valence-corrected chi connectivity index (χ2v) is 9.31. The SMILES string of the molecule is CCCc1ccc(OC(c2ccc(CCC)cc2CCC)C(CO)(CO)CO)c(CCC)c1. The van der Waals surface area contributed by atoms with Crippen molar-refractivity contribution in [3.63, 3.8) is 0 Å². The Balaban J connectivity index is 2.62. The van der Waals surface area contributed by atoms with Crippen molar-refractivity contribution in [3.8, 4) is 5.75 Å². The second-order valence-electron chi connectivity index (χ2n) is 9.31. The number of benzene rings is 2. The fourth-order valence-electron chi connectivity index (χ4n) is 4.55. The van der Waals surface area contributed by atoms with Crippen molar-refractivity contribution in [1.29, 1.82) is 0 Å². The number of ether oxygens (including phenoxy) is 1. The molecule has 0 saturated carbocycles. The fourth-order valence-corrected chi connectivity index (χ4v) is 4.55. The minimum Gasteiger partial charge on any atom is -0.485 e. The molecule has 4 heteroatoms. The normalized spacial score (nSPS) is 12.7. The Kier molecular flexibility index (Phi) is 11.4. The number of aliphatic hydroxyl groups excluding tert-OH is 3. The summed E-state index contributed by atoms with van der Waals surface area (Å²) in [4.78, 5) is 0. The molecule has 4 nitrogen and oxygen atoms in total. The smallest absolute Gasteiger partial charge is 0.136 e. The van der Waals surface area contributed by atoms with Crippen molar-refractivity contribution in [2.45, 2.75) is 85.2 Å². The lowest BCUT2D eigenvalue weighted by Crippen LogP contribution is -2.43. The van der Waals surface area contributed by atoms with Crippen LogP contribution >= 0.6 is 0 Å². The Morgan fingerprint density at radius 1 is 0.667 bits per heavy atom. The average molecular weight is 457 g/mol. The van der Waals surface area contributed by atoms with Gasteiger partial charge in [-0.25, -0.2) is 0 Å². The van der Waals surface area contributed by atoms with Crippen LogP contribution in [0.1, 0.15) is 87.3 Å². The van der Waals surface area contributed by atoms with Crippen LogP contribution in [0.2, 0.25) is 0 Å². The summed E-state index contributed by atoms with van der Waals surface area (Å²) in [5.41, 5.74) is 4.61.